The van der Waals surface area contributed by atoms with Gasteiger partial charge in [-0.2, -0.15) is 11.3 Å². The van der Waals surface area contributed by atoms with E-state index in [1.54, 1.807) is 11.3 Å². The molecule has 3 nitrogen and oxygen atoms in total. The summed E-state index contributed by atoms with van der Waals surface area (Å²) in [7, 11) is 1.90. The van der Waals surface area contributed by atoms with Gasteiger partial charge in [-0.1, -0.05) is 0 Å². The van der Waals surface area contributed by atoms with Crippen molar-refractivity contribution < 1.29 is 4.79 Å². The van der Waals surface area contributed by atoms with E-state index >= 15 is 0 Å². The quantitative estimate of drug-likeness (QED) is 0.869. The first-order chi connectivity index (χ1) is 7.77. The Morgan fingerprint density at radius 1 is 1.56 bits per heavy atom. The second kappa shape index (κ2) is 5.46. The first-order valence-electron chi connectivity index (χ1n) is 5.74. The van der Waals surface area contributed by atoms with E-state index in [1.807, 2.05) is 11.9 Å². The lowest BCUT2D eigenvalue weighted by Crippen LogP contribution is -2.38. The van der Waals surface area contributed by atoms with Crippen molar-refractivity contribution in [1.29, 1.82) is 0 Å². The van der Waals surface area contributed by atoms with Crippen LogP contribution in [0.4, 0.5) is 0 Å². The number of piperidine rings is 1. The van der Waals surface area contributed by atoms with Gasteiger partial charge >= 0.3 is 0 Å². The minimum Gasteiger partial charge on any atom is -0.341 e. The molecule has 1 fully saturated rings. The third kappa shape index (κ3) is 2.83. The number of hydrogen-bond acceptors (Lipinski definition) is 3. The molecule has 16 heavy (non-hydrogen) atoms. The zero-order valence-electron chi connectivity index (χ0n) is 9.61. The van der Waals surface area contributed by atoms with Crippen molar-refractivity contribution >= 4 is 17.2 Å². The lowest BCUT2D eigenvalue weighted by atomic mass is 9.96. The summed E-state index contributed by atoms with van der Waals surface area (Å²) in [5.74, 6) is 0.526. The molecular weight excluding hydrogens is 220 g/mol. The summed E-state index contributed by atoms with van der Waals surface area (Å²) in [6.45, 7) is 2.69. The van der Waals surface area contributed by atoms with Crippen LogP contribution in [0.3, 0.4) is 0 Å². The second-order valence-electron chi connectivity index (χ2n) is 4.35. The standard InChI is InChI=1S/C12H18N2OS/c1-14(8-10-4-7-16-9-10)12(15)11-2-5-13-6-3-11/h4,7,9,11,13H,2-3,5-6,8H2,1H3. The van der Waals surface area contributed by atoms with Crippen molar-refractivity contribution in [2.75, 3.05) is 20.1 Å². The summed E-state index contributed by atoms with van der Waals surface area (Å²) < 4.78 is 0. The Morgan fingerprint density at radius 2 is 2.31 bits per heavy atom. The van der Waals surface area contributed by atoms with Gasteiger partial charge in [0.15, 0.2) is 0 Å². The highest BCUT2D eigenvalue weighted by molar-refractivity contribution is 7.07. The van der Waals surface area contributed by atoms with Gasteiger partial charge in [0.2, 0.25) is 5.91 Å². The fourth-order valence-corrected chi connectivity index (χ4v) is 2.77. The van der Waals surface area contributed by atoms with E-state index < -0.39 is 0 Å². The molecule has 4 heteroatoms. The molecule has 0 radical (unpaired) electrons. The average molecular weight is 238 g/mol. The maximum absolute atomic E-state index is 12.1. The zero-order chi connectivity index (χ0) is 11.4. The Bertz CT molecular complexity index is 331. The van der Waals surface area contributed by atoms with E-state index in [0.717, 1.165) is 32.5 Å². The molecule has 1 N–H and O–H groups in total. The smallest absolute Gasteiger partial charge is 0.225 e. The summed E-state index contributed by atoms with van der Waals surface area (Å²) in [6, 6.07) is 2.08. The second-order valence-corrected chi connectivity index (χ2v) is 5.13. The molecule has 0 spiro atoms. The normalized spacial score (nSPS) is 17.3. The molecule has 1 saturated heterocycles. The Morgan fingerprint density at radius 3 is 2.94 bits per heavy atom. The zero-order valence-corrected chi connectivity index (χ0v) is 10.4. The highest BCUT2D eigenvalue weighted by Gasteiger charge is 2.23. The van der Waals surface area contributed by atoms with Gasteiger partial charge in [-0.3, -0.25) is 4.79 Å². The molecule has 1 aliphatic heterocycles. The largest absolute Gasteiger partial charge is 0.341 e. The highest BCUT2D eigenvalue weighted by atomic mass is 32.1. The molecule has 0 aliphatic carbocycles. The van der Waals surface area contributed by atoms with Gasteiger partial charge in [0.05, 0.1) is 0 Å². The van der Waals surface area contributed by atoms with E-state index in [0.29, 0.717) is 5.91 Å². The predicted molar refractivity (Wildman–Crippen MR) is 66.4 cm³/mol. The molecule has 0 bridgehead atoms. The third-order valence-corrected chi connectivity index (χ3v) is 3.80. The minimum absolute atomic E-state index is 0.227. The van der Waals surface area contributed by atoms with Crippen LogP contribution in [-0.4, -0.2) is 30.9 Å². The fraction of sp³-hybridized carbons (Fsp3) is 0.583. The van der Waals surface area contributed by atoms with Crippen molar-refractivity contribution in [3.8, 4) is 0 Å². The van der Waals surface area contributed by atoms with Gasteiger partial charge in [-0.05, 0) is 48.3 Å². The van der Waals surface area contributed by atoms with Gasteiger partial charge in [0.1, 0.15) is 0 Å². The molecule has 1 aromatic heterocycles. The van der Waals surface area contributed by atoms with E-state index in [-0.39, 0.29) is 5.92 Å². The van der Waals surface area contributed by atoms with E-state index in [4.69, 9.17) is 0 Å². The van der Waals surface area contributed by atoms with Crippen LogP contribution in [0.15, 0.2) is 16.8 Å². The number of amides is 1. The Balaban J connectivity index is 1.88. The molecule has 2 rings (SSSR count). The average Bonchev–Trinajstić information content (AvgIpc) is 2.82. The van der Waals surface area contributed by atoms with E-state index in [1.165, 1.54) is 5.56 Å². The fourth-order valence-electron chi connectivity index (χ4n) is 2.11. The number of nitrogens with zero attached hydrogens (tertiary/aromatic N) is 1. The number of nitrogens with one attached hydrogen (secondary N) is 1. The molecule has 0 atom stereocenters. The van der Waals surface area contributed by atoms with E-state index in [2.05, 4.69) is 22.1 Å². The predicted octanol–water partition coefficient (Wildman–Crippen LogP) is 1.71. The Labute approximate surface area is 100 Å². The topological polar surface area (TPSA) is 32.3 Å². The lowest BCUT2D eigenvalue weighted by Gasteiger charge is -2.26. The molecule has 0 unspecified atom stereocenters. The van der Waals surface area contributed by atoms with Gasteiger partial charge < -0.3 is 10.2 Å². The van der Waals surface area contributed by atoms with Crippen LogP contribution in [0.2, 0.25) is 0 Å². The van der Waals surface area contributed by atoms with Gasteiger partial charge in [0.25, 0.3) is 0 Å². The van der Waals surface area contributed by atoms with Crippen LogP contribution >= 0.6 is 11.3 Å². The first-order valence-corrected chi connectivity index (χ1v) is 6.68. The maximum atomic E-state index is 12.1. The van der Waals surface area contributed by atoms with E-state index in [9.17, 15) is 4.79 Å². The number of thiophene rings is 1. The van der Waals surface area contributed by atoms with Crippen molar-refractivity contribution in [1.82, 2.24) is 10.2 Å². The number of rotatable bonds is 3. The third-order valence-electron chi connectivity index (χ3n) is 3.06. The molecule has 88 valence electrons. The molecular formula is C12H18N2OS. The SMILES string of the molecule is CN(Cc1ccsc1)C(=O)C1CCNCC1. The van der Waals surface area contributed by atoms with Crippen molar-refractivity contribution in [3.05, 3.63) is 22.4 Å². The molecule has 2 heterocycles. The molecule has 0 saturated carbocycles. The monoisotopic (exact) mass is 238 g/mol. The number of carbonyl (C=O) groups is 1. The van der Waals surface area contributed by atoms with Crippen molar-refractivity contribution in [2.45, 2.75) is 19.4 Å². The molecule has 0 aromatic carbocycles. The summed E-state index contributed by atoms with van der Waals surface area (Å²) in [6.07, 6.45) is 1.96. The van der Waals surface area contributed by atoms with Crippen LogP contribution in [0, 0.1) is 5.92 Å². The van der Waals surface area contributed by atoms with Crippen LogP contribution < -0.4 is 5.32 Å². The molecule has 1 aromatic rings. The number of hydrogen-bond donors (Lipinski definition) is 1. The van der Waals surface area contributed by atoms with Gasteiger partial charge in [-0.15, -0.1) is 0 Å². The van der Waals surface area contributed by atoms with Crippen molar-refractivity contribution in [2.24, 2.45) is 5.92 Å². The van der Waals surface area contributed by atoms with Crippen LogP contribution in [0.1, 0.15) is 18.4 Å². The number of carbonyl (C=O) groups excluding carboxylic acids is 1. The summed E-state index contributed by atoms with van der Waals surface area (Å²) in [5.41, 5.74) is 1.23. The Kier molecular flexibility index (Phi) is 3.96. The van der Waals surface area contributed by atoms with Gasteiger partial charge in [0, 0.05) is 19.5 Å². The minimum atomic E-state index is 0.227. The van der Waals surface area contributed by atoms with Crippen LogP contribution in [0.25, 0.3) is 0 Å². The maximum Gasteiger partial charge on any atom is 0.225 e. The van der Waals surface area contributed by atoms with Gasteiger partial charge in [-0.25, -0.2) is 0 Å². The summed E-state index contributed by atoms with van der Waals surface area (Å²) in [5, 5.41) is 7.44. The molecule has 1 amide bonds. The van der Waals surface area contributed by atoms with Crippen LogP contribution in [0.5, 0.6) is 0 Å². The highest BCUT2D eigenvalue weighted by Crippen LogP contribution is 2.16. The summed E-state index contributed by atoms with van der Waals surface area (Å²) in [4.78, 5) is 14.0. The summed E-state index contributed by atoms with van der Waals surface area (Å²) >= 11 is 1.68. The molecule has 1 aliphatic rings. The van der Waals surface area contributed by atoms with Crippen molar-refractivity contribution in [3.63, 3.8) is 0 Å². The first kappa shape index (κ1) is 11.6. The Hall–Kier alpha value is -0.870. The van der Waals surface area contributed by atoms with Crippen LogP contribution in [-0.2, 0) is 11.3 Å². The lowest BCUT2D eigenvalue weighted by molar-refractivity contribution is -0.135.